The maximum atomic E-state index is 10.4. The molecule has 4 rings (SSSR count). The smallest absolute Gasteiger partial charge is 0.259 e. The molecule has 3 aromatic heterocycles. The van der Waals surface area contributed by atoms with Crippen LogP contribution in [0, 0.1) is 12.8 Å². The lowest BCUT2D eigenvalue weighted by Crippen LogP contribution is -2.21. The second-order valence-corrected chi connectivity index (χ2v) is 6.34. The van der Waals surface area contributed by atoms with Crippen LogP contribution in [0.15, 0.2) is 47.4 Å². The maximum absolute atomic E-state index is 10.4. The first-order chi connectivity index (χ1) is 12.2. The summed E-state index contributed by atoms with van der Waals surface area (Å²) in [5.41, 5.74) is 1.98. The Kier molecular flexibility index (Phi) is 4.15. The van der Waals surface area contributed by atoms with Crippen molar-refractivity contribution in [3.05, 3.63) is 54.2 Å². The molecule has 0 aromatic carbocycles. The number of β-amino-alcohol motifs (C(OH)–C–C–N with tert-alkyl or cyclic N) is 1. The van der Waals surface area contributed by atoms with Crippen LogP contribution < -0.4 is 4.90 Å². The molecule has 1 aliphatic heterocycles. The van der Waals surface area contributed by atoms with Gasteiger partial charge in [-0.1, -0.05) is 5.16 Å². The minimum absolute atomic E-state index is 0.183. The van der Waals surface area contributed by atoms with Gasteiger partial charge in [-0.3, -0.25) is 4.98 Å². The summed E-state index contributed by atoms with van der Waals surface area (Å²) in [5.74, 6) is 2.09. The van der Waals surface area contributed by atoms with Gasteiger partial charge >= 0.3 is 0 Å². The van der Waals surface area contributed by atoms with Crippen LogP contribution in [0.4, 0.5) is 5.82 Å². The normalized spacial score (nSPS) is 20.2. The summed E-state index contributed by atoms with van der Waals surface area (Å²) in [7, 11) is 0. The van der Waals surface area contributed by atoms with Gasteiger partial charge in [-0.15, -0.1) is 0 Å². The van der Waals surface area contributed by atoms with Crippen LogP contribution in [0.3, 0.4) is 0 Å². The number of pyridine rings is 2. The average molecular weight is 337 g/mol. The molecule has 128 valence electrons. The minimum Gasteiger partial charge on any atom is -0.391 e. The molecule has 0 saturated carbocycles. The average Bonchev–Trinajstić information content (AvgIpc) is 3.22. The van der Waals surface area contributed by atoms with Crippen molar-refractivity contribution < 1.29 is 9.63 Å². The lowest BCUT2D eigenvalue weighted by atomic mass is 9.97. The summed E-state index contributed by atoms with van der Waals surface area (Å²) in [6, 6.07) is 7.83. The van der Waals surface area contributed by atoms with Gasteiger partial charge in [-0.25, -0.2) is 4.98 Å². The predicted octanol–water partition coefficient (Wildman–Crippen LogP) is 1.87. The molecular formula is C18H19N5O2. The first-order valence-electron chi connectivity index (χ1n) is 8.27. The van der Waals surface area contributed by atoms with E-state index in [0.29, 0.717) is 18.3 Å². The Morgan fingerprint density at radius 1 is 1.20 bits per heavy atom. The largest absolute Gasteiger partial charge is 0.391 e. The molecule has 0 aliphatic carbocycles. The highest BCUT2D eigenvalue weighted by Gasteiger charge is 2.32. The SMILES string of the molecule is Cc1noc(-c2ccc(N3C[C@@H](Cc4ccncc4)[C@H](O)C3)nc2)n1. The molecule has 1 aliphatic rings. The summed E-state index contributed by atoms with van der Waals surface area (Å²) >= 11 is 0. The lowest BCUT2D eigenvalue weighted by molar-refractivity contribution is 0.148. The van der Waals surface area contributed by atoms with Crippen LogP contribution in [0.25, 0.3) is 11.5 Å². The molecule has 4 heterocycles. The summed E-state index contributed by atoms with van der Waals surface area (Å²) in [4.78, 5) is 14.8. The molecule has 0 amide bonds. The number of hydrogen-bond acceptors (Lipinski definition) is 7. The Bertz CT molecular complexity index is 834. The maximum Gasteiger partial charge on any atom is 0.259 e. The Morgan fingerprint density at radius 3 is 2.72 bits per heavy atom. The molecule has 2 atom stereocenters. The highest BCUT2D eigenvalue weighted by Crippen LogP contribution is 2.26. The number of aliphatic hydroxyl groups is 1. The van der Waals surface area contributed by atoms with E-state index in [1.54, 1.807) is 25.5 Å². The Morgan fingerprint density at radius 2 is 2.04 bits per heavy atom. The van der Waals surface area contributed by atoms with Gasteiger partial charge in [0.25, 0.3) is 5.89 Å². The van der Waals surface area contributed by atoms with Crippen molar-refractivity contribution >= 4 is 5.82 Å². The van der Waals surface area contributed by atoms with Crippen molar-refractivity contribution in [1.29, 1.82) is 0 Å². The standard InChI is InChI=1S/C18H19N5O2/c1-12-21-18(25-22-12)14-2-3-17(20-9-14)23-10-15(16(24)11-23)8-13-4-6-19-7-5-13/h2-7,9,15-16,24H,8,10-11H2,1H3/t15-,16-/m1/s1. The number of aryl methyl sites for hydroxylation is 1. The fraction of sp³-hybridized carbons (Fsp3) is 0.333. The summed E-state index contributed by atoms with van der Waals surface area (Å²) in [6.07, 6.45) is 5.76. The predicted molar refractivity (Wildman–Crippen MR) is 91.9 cm³/mol. The molecule has 0 unspecified atom stereocenters. The summed E-state index contributed by atoms with van der Waals surface area (Å²) < 4.78 is 5.16. The van der Waals surface area contributed by atoms with Crippen LogP contribution in [-0.4, -0.2) is 44.4 Å². The van der Waals surface area contributed by atoms with E-state index in [4.69, 9.17) is 4.52 Å². The zero-order valence-corrected chi connectivity index (χ0v) is 13.9. The second-order valence-electron chi connectivity index (χ2n) is 6.34. The van der Waals surface area contributed by atoms with Crippen molar-refractivity contribution in [3.8, 4) is 11.5 Å². The number of rotatable bonds is 4. The monoisotopic (exact) mass is 337 g/mol. The minimum atomic E-state index is -0.367. The van der Waals surface area contributed by atoms with E-state index < -0.39 is 0 Å². The topological polar surface area (TPSA) is 88.2 Å². The number of aromatic nitrogens is 4. The highest BCUT2D eigenvalue weighted by molar-refractivity contribution is 5.55. The highest BCUT2D eigenvalue weighted by atomic mass is 16.5. The Labute approximate surface area is 145 Å². The molecule has 0 radical (unpaired) electrons. The van der Waals surface area contributed by atoms with Gasteiger partial charge < -0.3 is 14.5 Å². The van der Waals surface area contributed by atoms with Crippen molar-refractivity contribution in [3.63, 3.8) is 0 Å². The van der Waals surface area contributed by atoms with Crippen molar-refractivity contribution in [2.45, 2.75) is 19.4 Å². The van der Waals surface area contributed by atoms with Gasteiger partial charge in [0.2, 0.25) is 0 Å². The van der Waals surface area contributed by atoms with Crippen molar-refractivity contribution in [2.24, 2.45) is 5.92 Å². The Hall–Kier alpha value is -2.80. The molecule has 7 nitrogen and oxygen atoms in total. The van der Waals surface area contributed by atoms with E-state index in [0.717, 1.165) is 24.3 Å². The molecular weight excluding hydrogens is 318 g/mol. The summed E-state index contributed by atoms with van der Waals surface area (Å²) in [6.45, 7) is 3.14. The van der Waals surface area contributed by atoms with Crippen molar-refractivity contribution in [1.82, 2.24) is 20.1 Å². The molecule has 7 heteroatoms. The van der Waals surface area contributed by atoms with Gasteiger partial charge in [0.05, 0.1) is 11.7 Å². The van der Waals surface area contributed by atoms with E-state index in [1.807, 2.05) is 24.3 Å². The molecule has 0 spiro atoms. The first-order valence-corrected chi connectivity index (χ1v) is 8.27. The molecule has 1 fully saturated rings. The lowest BCUT2D eigenvalue weighted by Gasteiger charge is -2.17. The second kappa shape index (κ2) is 6.60. The van der Waals surface area contributed by atoms with E-state index >= 15 is 0 Å². The molecule has 0 bridgehead atoms. The molecule has 3 aromatic rings. The third-order valence-electron chi connectivity index (χ3n) is 4.50. The van der Waals surface area contributed by atoms with Crippen LogP contribution in [0.5, 0.6) is 0 Å². The van der Waals surface area contributed by atoms with Crippen LogP contribution in [-0.2, 0) is 6.42 Å². The number of aliphatic hydroxyl groups excluding tert-OH is 1. The fourth-order valence-electron chi connectivity index (χ4n) is 3.18. The third kappa shape index (κ3) is 3.36. The van der Waals surface area contributed by atoms with E-state index in [2.05, 4.69) is 25.0 Å². The number of hydrogen-bond donors (Lipinski definition) is 1. The van der Waals surface area contributed by atoms with E-state index in [1.165, 1.54) is 5.56 Å². The summed E-state index contributed by atoms with van der Waals surface area (Å²) in [5, 5.41) is 14.2. The Balaban J connectivity index is 1.45. The van der Waals surface area contributed by atoms with Gasteiger partial charge in [0, 0.05) is 37.6 Å². The van der Waals surface area contributed by atoms with Gasteiger partial charge in [0.15, 0.2) is 5.82 Å². The third-order valence-corrected chi connectivity index (χ3v) is 4.50. The first kappa shape index (κ1) is 15.7. The quantitative estimate of drug-likeness (QED) is 0.777. The van der Waals surface area contributed by atoms with Gasteiger partial charge in [-0.05, 0) is 43.2 Å². The van der Waals surface area contributed by atoms with E-state index in [9.17, 15) is 5.11 Å². The fourth-order valence-corrected chi connectivity index (χ4v) is 3.18. The number of anilines is 1. The zero-order chi connectivity index (χ0) is 17.2. The van der Waals surface area contributed by atoms with Crippen LogP contribution in [0.1, 0.15) is 11.4 Å². The number of nitrogens with zero attached hydrogens (tertiary/aromatic N) is 5. The van der Waals surface area contributed by atoms with Crippen molar-refractivity contribution in [2.75, 3.05) is 18.0 Å². The van der Waals surface area contributed by atoms with Crippen LogP contribution in [0.2, 0.25) is 0 Å². The molecule has 1 saturated heterocycles. The van der Waals surface area contributed by atoms with Gasteiger partial charge in [0.1, 0.15) is 5.82 Å². The van der Waals surface area contributed by atoms with Crippen LogP contribution >= 0.6 is 0 Å². The molecule has 25 heavy (non-hydrogen) atoms. The zero-order valence-electron chi connectivity index (χ0n) is 13.9. The van der Waals surface area contributed by atoms with Gasteiger partial charge in [-0.2, -0.15) is 4.98 Å². The molecule has 1 N–H and O–H groups in total. The van der Waals surface area contributed by atoms with E-state index in [-0.39, 0.29) is 12.0 Å².